The molecule has 1 aromatic heterocycles. The number of rotatable bonds is 2. The molecule has 0 aliphatic carbocycles. The maximum absolute atomic E-state index is 12.7. The third-order valence-electron chi connectivity index (χ3n) is 3.39. The molecule has 5 nitrogen and oxygen atoms in total. The fourth-order valence-electron chi connectivity index (χ4n) is 2.36. The fourth-order valence-corrected chi connectivity index (χ4v) is 2.61. The fraction of sp³-hybridized carbons (Fsp3) is 0.0625. The molecule has 0 aliphatic rings. The number of aromatic carboxylic acids is 1. The van der Waals surface area contributed by atoms with Gasteiger partial charge in [-0.1, -0.05) is 17.7 Å². The van der Waals surface area contributed by atoms with Gasteiger partial charge in [-0.25, -0.2) is 9.78 Å². The zero-order chi connectivity index (χ0) is 15.9. The van der Waals surface area contributed by atoms with Gasteiger partial charge in [0.1, 0.15) is 5.82 Å². The Morgan fingerprint density at radius 1 is 1.18 bits per heavy atom. The van der Waals surface area contributed by atoms with Gasteiger partial charge in [0.05, 0.1) is 27.2 Å². The average molecular weight is 315 g/mol. The molecule has 0 aliphatic heterocycles. The predicted octanol–water partition coefficient (Wildman–Crippen LogP) is 3.05. The molecule has 1 heterocycles. The van der Waals surface area contributed by atoms with Crippen molar-refractivity contribution in [2.75, 3.05) is 0 Å². The first kappa shape index (κ1) is 14.3. The summed E-state index contributed by atoms with van der Waals surface area (Å²) in [5.74, 6) is -0.516. The molecule has 0 radical (unpaired) electrons. The molecule has 22 heavy (non-hydrogen) atoms. The molecule has 3 rings (SSSR count). The summed E-state index contributed by atoms with van der Waals surface area (Å²) >= 11 is 6.11. The first-order chi connectivity index (χ1) is 10.5. The Labute approximate surface area is 130 Å². The number of nitrogens with zero attached hydrogens (tertiary/aromatic N) is 2. The Morgan fingerprint density at radius 2 is 1.86 bits per heavy atom. The zero-order valence-corrected chi connectivity index (χ0v) is 12.3. The summed E-state index contributed by atoms with van der Waals surface area (Å²) in [5, 5.41) is 9.62. The van der Waals surface area contributed by atoms with Crippen molar-refractivity contribution < 1.29 is 9.90 Å². The van der Waals surface area contributed by atoms with Crippen LogP contribution in [0.3, 0.4) is 0 Å². The minimum atomic E-state index is -1.02. The monoisotopic (exact) mass is 314 g/mol. The van der Waals surface area contributed by atoms with E-state index in [-0.39, 0.29) is 11.1 Å². The summed E-state index contributed by atoms with van der Waals surface area (Å²) in [5.41, 5.74) is 0.952. The average Bonchev–Trinajstić information content (AvgIpc) is 2.47. The third-order valence-corrected chi connectivity index (χ3v) is 3.70. The van der Waals surface area contributed by atoms with Crippen molar-refractivity contribution in [2.24, 2.45) is 0 Å². The molecule has 1 N–H and O–H groups in total. The molecule has 0 fully saturated rings. The SMILES string of the molecule is Cc1nc2cccc(Cl)c2c(=O)n1-c1ccc(C(=O)O)cc1. The van der Waals surface area contributed by atoms with Gasteiger partial charge < -0.3 is 5.11 Å². The molecular weight excluding hydrogens is 304 g/mol. The summed E-state index contributed by atoms with van der Waals surface area (Å²) in [7, 11) is 0. The number of carbonyl (C=O) groups is 1. The van der Waals surface area contributed by atoms with E-state index in [1.807, 2.05) is 0 Å². The summed E-state index contributed by atoms with van der Waals surface area (Å²) in [4.78, 5) is 28.0. The molecule has 0 bridgehead atoms. The molecule has 6 heteroatoms. The van der Waals surface area contributed by atoms with Crippen LogP contribution in [0.4, 0.5) is 0 Å². The van der Waals surface area contributed by atoms with Gasteiger partial charge in [0.2, 0.25) is 0 Å². The van der Waals surface area contributed by atoms with E-state index in [0.29, 0.717) is 27.4 Å². The quantitative estimate of drug-likeness (QED) is 0.789. The lowest BCUT2D eigenvalue weighted by atomic mass is 10.2. The number of carboxylic acids is 1. The molecule has 2 aromatic carbocycles. The molecule has 3 aromatic rings. The summed E-state index contributed by atoms with van der Waals surface area (Å²) < 4.78 is 1.42. The Balaban J connectivity index is 2.29. The highest BCUT2D eigenvalue weighted by Gasteiger charge is 2.12. The molecule has 0 spiro atoms. The smallest absolute Gasteiger partial charge is 0.335 e. The molecule has 0 saturated heterocycles. The summed E-state index contributed by atoms with van der Waals surface area (Å²) in [6.45, 7) is 1.72. The first-order valence-corrected chi connectivity index (χ1v) is 6.88. The van der Waals surface area contributed by atoms with Crippen LogP contribution in [-0.4, -0.2) is 20.6 Å². The van der Waals surface area contributed by atoms with Gasteiger partial charge in [-0.2, -0.15) is 0 Å². The lowest BCUT2D eigenvalue weighted by Crippen LogP contribution is -2.22. The highest BCUT2D eigenvalue weighted by Crippen LogP contribution is 2.20. The molecule has 0 unspecified atom stereocenters. The van der Waals surface area contributed by atoms with Crippen LogP contribution in [0.1, 0.15) is 16.2 Å². The van der Waals surface area contributed by atoms with Crippen LogP contribution in [-0.2, 0) is 0 Å². The summed E-state index contributed by atoms with van der Waals surface area (Å²) in [6, 6.07) is 11.1. The first-order valence-electron chi connectivity index (χ1n) is 6.50. The Bertz CT molecular complexity index is 946. The second-order valence-corrected chi connectivity index (χ2v) is 5.19. The van der Waals surface area contributed by atoms with Crippen molar-refractivity contribution in [3.05, 3.63) is 69.2 Å². The van der Waals surface area contributed by atoms with Gasteiger partial charge >= 0.3 is 5.97 Å². The van der Waals surface area contributed by atoms with Crippen LogP contribution >= 0.6 is 11.6 Å². The lowest BCUT2D eigenvalue weighted by Gasteiger charge is -2.11. The number of carboxylic acid groups (broad SMARTS) is 1. The number of halogens is 1. The van der Waals surface area contributed by atoms with Crippen LogP contribution in [0.2, 0.25) is 5.02 Å². The van der Waals surface area contributed by atoms with E-state index in [1.54, 1.807) is 37.3 Å². The van der Waals surface area contributed by atoms with E-state index in [9.17, 15) is 9.59 Å². The number of benzene rings is 2. The predicted molar refractivity (Wildman–Crippen MR) is 84.0 cm³/mol. The number of aryl methyl sites for hydroxylation is 1. The van der Waals surface area contributed by atoms with Crippen LogP contribution in [0.15, 0.2) is 47.3 Å². The third kappa shape index (κ3) is 2.25. The highest BCUT2D eigenvalue weighted by atomic mass is 35.5. The maximum Gasteiger partial charge on any atom is 0.335 e. The van der Waals surface area contributed by atoms with Crippen molar-refractivity contribution in [1.82, 2.24) is 9.55 Å². The van der Waals surface area contributed by atoms with Crippen molar-refractivity contribution >= 4 is 28.5 Å². The van der Waals surface area contributed by atoms with Crippen LogP contribution < -0.4 is 5.56 Å². The van der Waals surface area contributed by atoms with Gasteiger partial charge in [-0.05, 0) is 43.3 Å². The molecule has 110 valence electrons. The van der Waals surface area contributed by atoms with Gasteiger partial charge in [-0.15, -0.1) is 0 Å². The van der Waals surface area contributed by atoms with E-state index in [2.05, 4.69) is 4.98 Å². The van der Waals surface area contributed by atoms with Crippen LogP contribution in [0.25, 0.3) is 16.6 Å². The molecule has 0 amide bonds. The van der Waals surface area contributed by atoms with Crippen molar-refractivity contribution in [1.29, 1.82) is 0 Å². The Morgan fingerprint density at radius 3 is 2.50 bits per heavy atom. The van der Waals surface area contributed by atoms with Crippen molar-refractivity contribution in [2.45, 2.75) is 6.92 Å². The topological polar surface area (TPSA) is 72.2 Å². The van der Waals surface area contributed by atoms with E-state index < -0.39 is 5.97 Å². The lowest BCUT2D eigenvalue weighted by molar-refractivity contribution is 0.0697. The van der Waals surface area contributed by atoms with Crippen molar-refractivity contribution in [3.63, 3.8) is 0 Å². The Kier molecular flexibility index (Phi) is 3.42. The highest BCUT2D eigenvalue weighted by molar-refractivity contribution is 6.35. The van der Waals surface area contributed by atoms with Crippen molar-refractivity contribution in [3.8, 4) is 5.69 Å². The second-order valence-electron chi connectivity index (χ2n) is 4.79. The number of hydrogen-bond donors (Lipinski definition) is 1. The Hall–Kier alpha value is -2.66. The molecular formula is C16H11ClN2O3. The second kappa shape index (κ2) is 5.27. The van der Waals surface area contributed by atoms with E-state index in [0.717, 1.165) is 0 Å². The molecule has 0 saturated carbocycles. The minimum absolute atomic E-state index is 0.154. The maximum atomic E-state index is 12.7. The van der Waals surface area contributed by atoms with Gasteiger partial charge in [0.25, 0.3) is 5.56 Å². The van der Waals surface area contributed by atoms with Gasteiger partial charge in [0, 0.05) is 0 Å². The normalized spacial score (nSPS) is 10.8. The minimum Gasteiger partial charge on any atom is -0.478 e. The van der Waals surface area contributed by atoms with Gasteiger partial charge in [-0.3, -0.25) is 9.36 Å². The van der Waals surface area contributed by atoms with Gasteiger partial charge in [0.15, 0.2) is 0 Å². The van der Waals surface area contributed by atoms with E-state index in [4.69, 9.17) is 16.7 Å². The van der Waals surface area contributed by atoms with Crippen LogP contribution in [0.5, 0.6) is 0 Å². The van der Waals surface area contributed by atoms with Crippen LogP contribution in [0, 0.1) is 6.92 Å². The zero-order valence-electron chi connectivity index (χ0n) is 11.6. The number of hydrogen-bond acceptors (Lipinski definition) is 3. The number of aromatic nitrogens is 2. The van der Waals surface area contributed by atoms with E-state index >= 15 is 0 Å². The molecule has 0 atom stereocenters. The number of fused-ring (bicyclic) bond motifs is 1. The van der Waals surface area contributed by atoms with E-state index in [1.165, 1.54) is 16.7 Å². The summed E-state index contributed by atoms with van der Waals surface area (Å²) in [6.07, 6.45) is 0. The standard InChI is InChI=1S/C16H11ClN2O3/c1-9-18-13-4-2-3-12(17)14(13)15(20)19(9)11-7-5-10(6-8-11)16(21)22/h2-8H,1H3,(H,21,22). The largest absolute Gasteiger partial charge is 0.478 e.